The van der Waals surface area contributed by atoms with Crippen LogP contribution in [-0.4, -0.2) is 48.5 Å². The minimum atomic E-state index is -4.75. The van der Waals surface area contributed by atoms with Gasteiger partial charge in [0.15, 0.2) is 0 Å². The molecule has 0 aliphatic carbocycles. The summed E-state index contributed by atoms with van der Waals surface area (Å²) in [5.74, 6) is -0.789. The Morgan fingerprint density at radius 3 is 2.48 bits per heavy atom. The molecule has 0 saturated carbocycles. The van der Waals surface area contributed by atoms with E-state index in [0.29, 0.717) is 23.1 Å². The van der Waals surface area contributed by atoms with Crippen molar-refractivity contribution in [2.75, 3.05) is 26.2 Å². The molecular formula is C18H20ClF3N2O3. The molecule has 0 amide bonds. The van der Waals surface area contributed by atoms with E-state index in [1.807, 2.05) is 0 Å². The molecule has 1 N–H and O–H groups in total. The summed E-state index contributed by atoms with van der Waals surface area (Å²) in [4.78, 5) is 17.7. The van der Waals surface area contributed by atoms with Crippen LogP contribution < -0.4 is 4.74 Å². The number of rotatable bonds is 4. The van der Waals surface area contributed by atoms with Crippen LogP contribution >= 0.6 is 12.4 Å². The third-order valence-corrected chi connectivity index (χ3v) is 5.49. The molecule has 5 nitrogen and oxygen atoms in total. The molecule has 3 aliphatic heterocycles. The number of carbonyl (C=O) groups excluding carboxylic acids is 1. The zero-order valence-corrected chi connectivity index (χ0v) is 15.3. The quantitative estimate of drug-likeness (QED) is 0.778. The second kappa shape index (κ2) is 7.24. The molecule has 4 heterocycles. The van der Waals surface area contributed by atoms with E-state index in [0.717, 1.165) is 38.9 Å². The van der Waals surface area contributed by atoms with E-state index in [2.05, 4.69) is 14.6 Å². The Bertz CT molecular complexity index is 815. The fourth-order valence-corrected chi connectivity index (χ4v) is 3.88. The summed E-state index contributed by atoms with van der Waals surface area (Å²) in [6.45, 7) is 3.54. The number of esters is 1. The minimum Gasteiger partial charge on any atom is -0.461 e. The second-order valence-electron chi connectivity index (χ2n) is 7.13. The maximum atomic E-state index is 12.5. The van der Waals surface area contributed by atoms with Gasteiger partial charge in [-0.25, -0.2) is 4.79 Å². The molecule has 0 spiro atoms. The lowest BCUT2D eigenvalue weighted by Crippen LogP contribution is -2.50. The number of ether oxygens (including phenoxy) is 2. The van der Waals surface area contributed by atoms with E-state index in [1.165, 1.54) is 24.4 Å². The van der Waals surface area contributed by atoms with Gasteiger partial charge in [0.05, 0.1) is 12.2 Å². The summed E-state index contributed by atoms with van der Waals surface area (Å²) in [7, 11) is 0. The number of benzene rings is 1. The Morgan fingerprint density at radius 2 is 1.85 bits per heavy atom. The van der Waals surface area contributed by atoms with Gasteiger partial charge in [-0.2, -0.15) is 0 Å². The normalized spacial score (nSPS) is 24.5. The molecule has 2 aromatic rings. The van der Waals surface area contributed by atoms with Crippen LogP contribution in [0.3, 0.4) is 0 Å². The summed E-state index contributed by atoms with van der Waals surface area (Å²) < 4.78 is 46.4. The van der Waals surface area contributed by atoms with Gasteiger partial charge >= 0.3 is 12.3 Å². The van der Waals surface area contributed by atoms with Crippen LogP contribution in [-0.2, 0) is 4.74 Å². The van der Waals surface area contributed by atoms with Crippen molar-refractivity contribution in [3.63, 3.8) is 0 Å². The van der Waals surface area contributed by atoms with Crippen LogP contribution in [0, 0.1) is 5.41 Å². The zero-order chi connectivity index (χ0) is 18.4. The predicted molar refractivity (Wildman–Crippen MR) is 95.2 cm³/mol. The molecule has 3 fully saturated rings. The standard InChI is InChI=1S/C18H19F3N2O3.ClH/c19-18(20,21)26-12-1-2-13-14(10-22-15(13)9-12)16(24)25-11-17-3-6-23(7-4-17)8-5-17;/h1-2,9-10,22H,3-8,11H2;1H. The number of halogens is 4. The Labute approximate surface area is 160 Å². The van der Waals surface area contributed by atoms with Crippen molar-refractivity contribution in [2.24, 2.45) is 5.41 Å². The molecule has 0 atom stereocenters. The molecular weight excluding hydrogens is 385 g/mol. The maximum absolute atomic E-state index is 12.5. The SMILES string of the molecule is Cl.O=C(OCC12CCN(CC1)CC2)c1c[nH]c2cc(OC(F)(F)F)ccc12. The first-order valence-corrected chi connectivity index (χ1v) is 8.60. The second-order valence-corrected chi connectivity index (χ2v) is 7.13. The van der Waals surface area contributed by atoms with Crippen molar-refractivity contribution in [2.45, 2.75) is 25.6 Å². The fraction of sp³-hybridized carbons (Fsp3) is 0.500. The number of hydrogen-bond acceptors (Lipinski definition) is 4. The zero-order valence-electron chi connectivity index (χ0n) is 14.5. The molecule has 1 aromatic heterocycles. The minimum absolute atomic E-state index is 0. The van der Waals surface area contributed by atoms with Crippen molar-refractivity contribution in [3.8, 4) is 5.75 Å². The van der Waals surface area contributed by atoms with Gasteiger partial charge in [-0.1, -0.05) is 0 Å². The highest BCUT2D eigenvalue weighted by Gasteiger charge is 2.40. The highest BCUT2D eigenvalue weighted by atomic mass is 35.5. The smallest absolute Gasteiger partial charge is 0.461 e. The first-order chi connectivity index (χ1) is 12.3. The molecule has 3 saturated heterocycles. The first kappa shape index (κ1) is 19.8. The summed E-state index contributed by atoms with van der Waals surface area (Å²) in [5, 5.41) is 0.514. The molecule has 3 aliphatic rings. The van der Waals surface area contributed by atoms with Crippen LogP contribution in [0.1, 0.15) is 29.6 Å². The molecule has 148 valence electrons. The van der Waals surface area contributed by atoms with E-state index < -0.39 is 12.3 Å². The molecule has 27 heavy (non-hydrogen) atoms. The van der Waals surface area contributed by atoms with Gasteiger partial charge in [-0.15, -0.1) is 25.6 Å². The lowest BCUT2D eigenvalue weighted by molar-refractivity contribution is -0.274. The molecule has 0 radical (unpaired) electrons. The van der Waals surface area contributed by atoms with Crippen LogP contribution in [0.15, 0.2) is 24.4 Å². The number of hydrogen-bond donors (Lipinski definition) is 1. The summed E-state index contributed by atoms with van der Waals surface area (Å²) in [6, 6.07) is 3.84. The van der Waals surface area contributed by atoms with Crippen molar-refractivity contribution in [3.05, 3.63) is 30.0 Å². The molecule has 2 bridgehead atoms. The van der Waals surface area contributed by atoms with Crippen molar-refractivity contribution in [1.82, 2.24) is 9.88 Å². The van der Waals surface area contributed by atoms with Crippen LogP contribution in [0.25, 0.3) is 10.9 Å². The average molecular weight is 405 g/mol. The highest BCUT2D eigenvalue weighted by molar-refractivity contribution is 6.04. The monoisotopic (exact) mass is 404 g/mol. The van der Waals surface area contributed by atoms with Crippen molar-refractivity contribution in [1.29, 1.82) is 0 Å². The molecule has 1 aromatic carbocycles. The van der Waals surface area contributed by atoms with Gasteiger partial charge in [0.2, 0.25) is 0 Å². The Kier molecular flexibility index (Phi) is 5.31. The lowest BCUT2D eigenvalue weighted by atomic mass is 9.73. The molecule has 5 rings (SSSR count). The van der Waals surface area contributed by atoms with Gasteiger partial charge in [-0.3, -0.25) is 0 Å². The average Bonchev–Trinajstić information content (AvgIpc) is 3.03. The van der Waals surface area contributed by atoms with E-state index in [-0.39, 0.29) is 23.6 Å². The Hall–Kier alpha value is -1.93. The van der Waals surface area contributed by atoms with E-state index in [4.69, 9.17) is 4.74 Å². The van der Waals surface area contributed by atoms with Crippen molar-refractivity contribution >= 4 is 29.3 Å². The molecule has 9 heteroatoms. The van der Waals surface area contributed by atoms with E-state index in [9.17, 15) is 18.0 Å². The fourth-order valence-electron chi connectivity index (χ4n) is 3.88. The maximum Gasteiger partial charge on any atom is 0.573 e. The van der Waals surface area contributed by atoms with Crippen molar-refractivity contribution < 1.29 is 27.4 Å². The molecule has 0 unspecified atom stereocenters. The topological polar surface area (TPSA) is 54.6 Å². The Morgan fingerprint density at radius 1 is 1.19 bits per heavy atom. The number of carbonyl (C=O) groups is 1. The number of aromatic amines is 1. The number of piperidine rings is 3. The lowest BCUT2D eigenvalue weighted by Gasteiger charge is -2.47. The largest absolute Gasteiger partial charge is 0.573 e. The van der Waals surface area contributed by atoms with E-state index in [1.54, 1.807) is 0 Å². The first-order valence-electron chi connectivity index (χ1n) is 8.60. The van der Waals surface area contributed by atoms with Crippen LogP contribution in [0.4, 0.5) is 13.2 Å². The number of nitrogens with zero attached hydrogens (tertiary/aromatic N) is 1. The number of fused-ring (bicyclic) bond motifs is 4. The highest BCUT2D eigenvalue weighted by Crippen LogP contribution is 2.40. The van der Waals surface area contributed by atoms with Gasteiger partial charge in [0.1, 0.15) is 5.75 Å². The third-order valence-electron chi connectivity index (χ3n) is 5.49. The Balaban J connectivity index is 0.00000210. The van der Waals surface area contributed by atoms with Gasteiger partial charge in [0, 0.05) is 28.6 Å². The summed E-state index contributed by atoms with van der Waals surface area (Å²) in [6.07, 6.45) is -0.187. The number of H-pyrrole nitrogens is 1. The third kappa shape index (κ3) is 4.16. The summed E-state index contributed by atoms with van der Waals surface area (Å²) >= 11 is 0. The predicted octanol–water partition coefficient (Wildman–Crippen LogP) is 4.13. The van der Waals surface area contributed by atoms with Crippen LogP contribution in [0.5, 0.6) is 5.75 Å². The number of alkyl halides is 3. The van der Waals surface area contributed by atoms with Gasteiger partial charge < -0.3 is 19.4 Å². The van der Waals surface area contributed by atoms with Crippen LogP contribution in [0.2, 0.25) is 0 Å². The van der Waals surface area contributed by atoms with Gasteiger partial charge in [0.25, 0.3) is 0 Å². The summed E-state index contributed by atoms with van der Waals surface area (Å²) in [5.41, 5.74) is 0.788. The number of aromatic nitrogens is 1. The van der Waals surface area contributed by atoms with E-state index >= 15 is 0 Å². The van der Waals surface area contributed by atoms with Gasteiger partial charge in [-0.05, 0) is 51.0 Å². The number of nitrogens with one attached hydrogen (secondary N) is 1.